The molecule has 2 rings (SSSR count). The van der Waals surface area contributed by atoms with Crippen molar-refractivity contribution in [1.82, 2.24) is 0 Å². The van der Waals surface area contributed by atoms with Gasteiger partial charge in [-0.25, -0.2) is 8.78 Å². The minimum absolute atomic E-state index is 0. The van der Waals surface area contributed by atoms with E-state index in [-0.39, 0.29) is 74.7 Å². The Hall–Kier alpha value is 0.256. The van der Waals surface area contributed by atoms with E-state index in [0.29, 0.717) is 0 Å². The Labute approximate surface area is 123 Å². The summed E-state index contributed by atoms with van der Waals surface area (Å²) in [5.74, 6) is -3.22. The number of hydrogen-bond acceptors (Lipinski definition) is 1. The van der Waals surface area contributed by atoms with Crippen LogP contribution in [-0.4, -0.2) is 0 Å². The molecule has 0 heterocycles. The number of alkyl halides is 2. The summed E-state index contributed by atoms with van der Waals surface area (Å²) in [6.07, 6.45) is 2.49. The van der Waals surface area contributed by atoms with Crippen molar-refractivity contribution in [3.8, 4) is 5.75 Å². The molecule has 0 amide bonds. The molecule has 0 atom stereocenters. The van der Waals surface area contributed by atoms with Crippen molar-refractivity contribution in [2.75, 3.05) is 0 Å². The van der Waals surface area contributed by atoms with Crippen LogP contribution >= 0.6 is 0 Å². The molecule has 68 valence electrons. The zero-order valence-corrected chi connectivity index (χ0v) is 10.9. The monoisotopic (exact) mass is 220 g/mol. The minimum atomic E-state index is -2.88. The van der Waals surface area contributed by atoms with Crippen LogP contribution in [0.3, 0.4) is 0 Å². The summed E-state index contributed by atoms with van der Waals surface area (Å²) in [6, 6.07) is 3.97. The molecule has 0 aromatic heterocycles. The fourth-order valence-electron chi connectivity index (χ4n) is 1.47. The summed E-state index contributed by atoms with van der Waals surface area (Å²) < 4.78 is 26.4. The summed E-state index contributed by atoms with van der Waals surface area (Å²) in [5.41, 5.74) is -0.0266. The molecule has 0 radical (unpaired) electrons. The van der Waals surface area contributed by atoms with Gasteiger partial charge in [0.25, 0.3) is 5.92 Å². The molecule has 0 fully saturated rings. The second-order valence-corrected chi connectivity index (χ2v) is 3.03. The first-order valence-electron chi connectivity index (χ1n) is 3.96. The first-order valence-corrected chi connectivity index (χ1v) is 3.96. The van der Waals surface area contributed by atoms with Gasteiger partial charge in [-0.3, -0.25) is 0 Å². The van der Waals surface area contributed by atoms with E-state index in [1.165, 1.54) is 30.4 Å². The molecular weight excluding hydrogens is 213 g/mol. The van der Waals surface area contributed by atoms with Gasteiger partial charge in [-0.15, -0.1) is 5.75 Å². The van der Waals surface area contributed by atoms with Crippen LogP contribution < -0.4 is 56.5 Å². The first-order chi connectivity index (χ1) is 6.11. The topological polar surface area (TPSA) is 23.1 Å². The van der Waals surface area contributed by atoms with E-state index in [0.717, 1.165) is 0 Å². The first kappa shape index (κ1) is 12.3. The SMILES string of the molecule is [K+].[O-]c1cccc2c1C=CCC2(F)F. The zero-order chi connectivity index (χ0) is 9.47. The van der Waals surface area contributed by atoms with E-state index < -0.39 is 5.92 Å². The minimum Gasteiger partial charge on any atom is -0.872 e. The number of allylic oxidation sites excluding steroid dienone is 1. The van der Waals surface area contributed by atoms with E-state index in [4.69, 9.17) is 0 Å². The maximum Gasteiger partial charge on any atom is 1.00 e. The molecule has 14 heavy (non-hydrogen) atoms. The maximum atomic E-state index is 13.2. The van der Waals surface area contributed by atoms with Crippen molar-refractivity contribution in [3.63, 3.8) is 0 Å². The van der Waals surface area contributed by atoms with Gasteiger partial charge in [0.1, 0.15) is 0 Å². The third-order valence-corrected chi connectivity index (χ3v) is 2.12. The average Bonchev–Trinajstić information content (AvgIpc) is 2.06. The van der Waals surface area contributed by atoms with Crippen molar-refractivity contribution in [3.05, 3.63) is 35.4 Å². The second kappa shape index (κ2) is 4.41. The molecule has 0 spiro atoms. The van der Waals surface area contributed by atoms with Crippen molar-refractivity contribution < 1.29 is 65.3 Å². The molecular formula is C10H7F2KO. The van der Waals surface area contributed by atoms with Crippen molar-refractivity contribution in [1.29, 1.82) is 0 Å². The van der Waals surface area contributed by atoms with Gasteiger partial charge in [-0.05, 0) is 5.56 Å². The molecule has 1 aromatic rings. The maximum absolute atomic E-state index is 13.2. The summed E-state index contributed by atoms with van der Waals surface area (Å²) in [5, 5.41) is 11.2. The van der Waals surface area contributed by atoms with Crippen LogP contribution in [0, 0.1) is 0 Å². The predicted octanol–water partition coefficient (Wildman–Crippen LogP) is -0.727. The smallest absolute Gasteiger partial charge is 0.872 e. The van der Waals surface area contributed by atoms with Gasteiger partial charge in [-0.1, -0.05) is 30.4 Å². The number of fused-ring (bicyclic) bond motifs is 1. The molecule has 0 bridgehead atoms. The molecule has 0 N–H and O–H groups in total. The van der Waals surface area contributed by atoms with Crippen LogP contribution in [0.15, 0.2) is 24.3 Å². The van der Waals surface area contributed by atoms with Crippen molar-refractivity contribution in [2.24, 2.45) is 0 Å². The van der Waals surface area contributed by atoms with Crippen LogP contribution in [0.4, 0.5) is 8.78 Å². The molecule has 1 aromatic carbocycles. The summed E-state index contributed by atoms with van der Waals surface area (Å²) >= 11 is 0. The number of hydrogen-bond donors (Lipinski definition) is 0. The van der Waals surface area contributed by atoms with Crippen LogP contribution in [0.2, 0.25) is 0 Å². The second-order valence-electron chi connectivity index (χ2n) is 3.03. The Kier molecular flexibility index (Phi) is 3.88. The van der Waals surface area contributed by atoms with Crippen LogP contribution in [0.1, 0.15) is 17.5 Å². The van der Waals surface area contributed by atoms with Crippen LogP contribution in [-0.2, 0) is 5.92 Å². The van der Waals surface area contributed by atoms with Gasteiger partial charge >= 0.3 is 51.4 Å². The Morgan fingerprint density at radius 1 is 1.29 bits per heavy atom. The summed E-state index contributed by atoms with van der Waals surface area (Å²) in [6.45, 7) is 0. The third-order valence-electron chi connectivity index (χ3n) is 2.12. The molecule has 0 saturated heterocycles. The van der Waals surface area contributed by atoms with E-state index in [2.05, 4.69) is 0 Å². The van der Waals surface area contributed by atoms with Crippen LogP contribution in [0.5, 0.6) is 5.75 Å². The van der Waals surface area contributed by atoms with Gasteiger partial charge in [0.2, 0.25) is 0 Å². The molecule has 1 aliphatic rings. The number of benzene rings is 1. The summed E-state index contributed by atoms with van der Waals surface area (Å²) in [4.78, 5) is 0. The average molecular weight is 220 g/mol. The quantitative estimate of drug-likeness (QED) is 0.529. The normalized spacial score (nSPS) is 17.0. The van der Waals surface area contributed by atoms with Gasteiger partial charge in [0, 0.05) is 12.0 Å². The molecule has 0 unspecified atom stereocenters. The molecule has 4 heteroatoms. The van der Waals surface area contributed by atoms with E-state index >= 15 is 0 Å². The van der Waals surface area contributed by atoms with E-state index in [1.807, 2.05) is 0 Å². The molecule has 0 saturated carbocycles. The Bertz CT molecular complexity index is 374. The molecule has 1 aliphatic carbocycles. The van der Waals surface area contributed by atoms with Crippen molar-refractivity contribution in [2.45, 2.75) is 12.3 Å². The van der Waals surface area contributed by atoms with Gasteiger partial charge in [-0.2, -0.15) is 0 Å². The Morgan fingerprint density at radius 2 is 2.00 bits per heavy atom. The predicted molar refractivity (Wildman–Crippen MR) is 43.4 cm³/mol. The summed E-state index contributed by atoms with van der Waals surface area (Å²) in [7, 11) is 0. The largest absolute Gasteiger partial charge is 1.00 e. The van der Waals surface area contributed by atoms with Gasteiger partial charge in [0.05, 0.1) is 0 Å². The number of halogens is 2. The van der Waals surface area contributed by atoms with Gasteiger partial charge < -0.3 is 5.11 Å². The fraction of sp³-hybridized carbons (Fsp3) is 0.200. The molecule has 1 nitrogen and oxygen atoms in total. The Morgan fingerprint density at radius 3 is 2.64 bits per heavy atom. The van der Waals surface area contributed by atoms with E-state index in [1.54, 1.807) is 0 Å². The zero-order valence-electron chi connectivity index (χ0n) is 7.76. The van der Waals surface area contributed by atoms with Crippen molar-refractivity contribution >= 4 is 6.08 Å². The fourth-order valence-corrected chi connectivity index (χ4v) is 1.47. The van der Waals surface area contributed by atoms with Gasteiger partial charge in [0.15, 0.2) is 0 Å². The third kappa shape index (κ3) is 2.09. The number of rotatable bonds is 0. The standard InChI is InChI=1S/C10H8F2O.K/c11-10(12)6-2-3-7-8(10)4-1-5-9(7)13;/h1-5,13H,6H2;/q;+1/p-1. The van der Waals surface area contributed by atoms with E-state index in [9.17, 15) is 13.9 Å². The molecule has 0 aliphatic heterocycles. The Balaban J connectivity index is 0.000000980. The van der Waals surface area contributed by atoms with Crippen LogP contribution in [0.25, 0.3) is 6.08 Å².